The quantitative estimate of drug-likeness (QED) is 0.939. The van der Waals surface area contributed by atoms with E-state index < -0.39 is 0 Å². The van der Waals surface area contributed by atoms with Gasteiger partial charge in [-0.25, -0.2) is 0 Å². The van der Waals surface area contributed by atoms with Gasteiger partial charge in [-0.1, -0.05) is 29.8 Å². The van der Waals surface area contributed by atoms with Crippen LogP contribution in [0, 0.1) is 6.92 Å². The van der Waals surface area contributed by atoms with Gasteiger partial charge in [0.05, 0.1) is 0 Å². The van der Waals surface area contributed by atoms with Crippen LogP contribution in [-0.4, -0.2) is 48.9 Å². The van der Waals surface area contributed by atoms with Crippen LogP contribution in [-0.2, 0) is 6.54 Å². The summed E-state index contributed by atoms with van der Waals surface area (Å²) < 4.78 is 0. The number of nitrogens with one attached hydrogen (secondary N) is 1. The number of anilines is 1. The molecule has 126 valence electrons. The van der Waals surface area contributed by atoms with Crippen molar-refractivity contribution in [3.63, 3.8) is 0 Å². The topological polar surface area (TPSA) is 35.6 Å². The molecule has 1 heterocycles. The maximum absolute atomic E-state index is 12.2. The Kier molecular flexibility index (Phi) is 5.28. The van der Waals surface area contributed by atoms with Gasteiger partial charge in [0.1, 0.15) is 0 Å². The molecule has 0 unspecified atom stereocenters. The highest BCUT2D eigenvalue weighted by Gasteiger charge is 2.13. The van der Waals surface area contributed by atoms with Gasteiger partial charge in [0.25, 0.3) is 5.91 Å². The predicted molar refractivity (Wildman–Crippen MR) is 98.3 cm³/mol. The third-order valence-electron chi connectivity index (χ3n) is 4.53. The van der Waals surface area contributed by atoms with Crippen molar-refractivity contribution in [2.45, 2.75) is 13.5 Å². The molecule has 1 aliphatic heterocycles. The Morgan fingerprint density at radius 2 is 1.58 bits per heavy atom. The Morgan fingerprint density at radius 3 is 2.21 bits per heavy atom. The van der Waals surface area contributed by atoms with Crippen molar-refractivity contribution in [1.82, 2.24) is 9.80 Å². The van der Waals surface area contributed by atoms with Crippen LogP contribution in [0.4, 0.5) is 5.69 Å². The van der Waals surface area contributed by atoms with Crippen molar-refractivity contribution in [3.05, 3.63) is 65.2 Å². The maximum atomic E-state index is 12.2. The van der Waals surface area contributed by atoms with E-state index in [1.807, 2.05) is 43.3 Å². The molecular formula is C20H25N3O. The second-order valence-corrected chi connectivity index (χ2v) is 6.60. The van der Waals surface area contributed by atoms with E-state index in [1.165, 1.54) is 5.56 Å². The summed E-state index contributed by atoms with van der Waals surface area (Å²) in [6.45, 7) is 7.47. The monoisotopic (exact) mass is 323 g/mol. The van der Waals surface area contributed by atoms with Gasteiger partial charge in [-0.3, -0.25) is 9.69 Å². The molecule has 0 atom stereocenters. The van der Waals surface area contributed by atoms with Gasteiger partial charge in [0.2, 0.25) is 0 Å². The highest BCUT2D eigenvalue weighted by Crippen LogP contribution is 2.14. The first kappa shape index (κ1) is 16.7. The number of aryl methyl sites for hydroxylation is 1. The Morgan fingerprint density at radius 1 is 0.958 bits per heavy atom. The lowest BCUT2D eigenvalue weighted by Gasteiger charge is -2.32. The van der Waals surface area contributed by atoms with Gasteiger partial charge in [-0.05, 0) is 43.8 Å². The molecule has 1 fully saturated rings. The van der Waals surface area contributed by atoms with Crippen LogP contribution >= 0.6 is 0 Å². The molecule has 2 aromatic rings. The lowest BCUT2D eigenvalue weighted by atomic mass is 10.1. The number of benzene rings is 2. The molecular weight excluding hydrogens is 298 g/mol. The normalized spacial score (nSPS) is 16.1. The largest absolute Gasteiger partial charge is 0.322 e. The average Bonchev–Trinajstić information content (AvgIpc) is 2.59. The maximum Gasteiger partial charge on any atom is 0.255 e. The smallest absolute Gasteiger partial charge is 0.255 e. The zero-order valence-electron chi connectivity index (χ0n) is 14.5. The Hall–Kier alpha value is -2.17. The third-order valence-corrected chi connectivity index (χ3v) is 4.53. The van der Waals surface area contributed by atoms with E-state index in [4.69, 9.17) is 0 Å². The number of hydrogen-bond acceptors (Lipinski definition) is 3. The van der Waals surface area contributed by atoms with Crippen LogP contribution in [0.3, 0.4) is 0 Å². The SMILES string of the molecule is Cc1ccc(C(=O)Nc2ccc(CN3CCN(C)CC3)cc2)cc1. The second-order valence-electron chi connectivity index (χ2n) is 6.60. The molecule has 0 aliphatic carbocycles. The van der Waals surface area contributed by atoms with E-state index in [1.54, 1.807) is 0 Å². The minimum absolute atomic E-state index is 0.0678. The molecule has 0 aromatic heterocycles. The summed E-state index contributed by atoms with van der Waals surface area (Å²) >= 11 is 0. The van der Waals surface area contributed by atoms with Crippen LogP contribution < -0.4 is 5.32 Å². The molecule has 1 N–H and O–H groups in total. The molecule has 0 saturated carbocycles. The highest BCUT2D eigenvalue weighted by atomic mass is 16.1. The summed E-state index contributed by atoms with van der Waals surface area (Å²) in [7, 11) is 2.17. The Bertz CT molecular complexity index is 671. The molecule has 2 aromatic carbocycles. The number of amides is 1. The molecule has 4 heteroatoms. The summed E-state index contributed by atoms with van der Waals surface area (Å²) in [5, 5.41) is 2.96. The first-order valence-electron chi connectivity index (χ1n) is 8.48. The number of nitrogens with zero attached hydrogens (tertiary/aromatic N) is 2. The molecule has 24 heavy (non-hydrogen) atoms. The van der Waals surface area contributed by atoms with E-state index in [0.29, 0.717) is 5.56 Å². The molecule has 1 amide bonds. The fourth-order valence-electron chi connectivity index (χ4n) is 2.87. The molecule has 3 rings (SSSR count). The first-order valence-corrected chi connectivity index (χ1v) is 8.48. The summed E-state index contributed by atoms with van der Waals surface area (Å²) in [5.74, 6) is -0.0678. The summed E-state index contributed by atoms with van der Waals surface area (Å²) in [6.07, 6.45) is 0. The van der Waals surface area contributed by atoms with Crippen LogP contribution in [0.1, 0.15) is 21.5 Å². The van der Waals surface area contributed by atoms with Crippen LogP contribution in [0.25, 0.3) is 0 Å². The molecule has 1 saturated heterocycles. The fraction of sp³-hybridized carbons (Fsp3) is 0.350. The summed E-state index contributed by atoms with van der Waals surface area (Å²) in [4.78, 5) is 17.1. The molecule has 1 aliphatic rings. The zero-order chi connectivity index (χ0) is 16.9. The van der Waals surface area contributed by atoms with Crippen LogP contribution in [0.15, 0.2) is 48.5 Å². The van der Waals surface area contributed by atoms with E-state index in [9.17, 15) is 4.79 Å². The summed E-state index contributed by atoms with van der Waals surface area (Å²) in [6, 6.07) is 15.8. The lowest BCUT2D eigenvalue weighted by molar-refractivity contribution is 0.102. The van der Waals surface area contributed by atoms with Crippen LogP contribution in [0.5, 0.6) is 0 Å². The van der Waals surface area contributed by atoms with E-state index in [0.717, 1.165) is 44.0 Å². The number of piperazine rings is 1. The Labute approximate surface area is 144 Å². The van der Waals surface area contributed by atoms with Gasteiger partial charge in [0, 0.05) is 44.0 Å². The van der Waals surface area contributed by atoms with E-state index in [-0.39, 0.29) is 5.91 Å². The van der Waals surface area contributed by atoms with Crippen molar-refractivity contribution in [1.29, 1.82) is 0 Å². The minimum Gasteiger partial charge on any atom is -0.322 e. The van der Waals surface area contributed by atoms with Gasteiger partial charge >= 0.3 is 0 Å². The average molecular weight is 323 g/mol. The number of likely N-dealkylation sites (N-methyl/N-ethyl adjacent to an activating group) is 1. The van der Waals surface area contributed by atoms with Gasteiger partial charge in [-0.15, -0.1) is 0 Å². The highest BCUT2D eigenvalue weighted by molar-refractivity contribution is 6.04. The van der Waals surface area contributed by atoms with Crippen LogP contribution in [0.2, 0.25) is 0 Å². The first-order chi connectivity index (χ1) is 11.6. The molecule has 0 spiro atoms. The second kappa shape index (κ2) is 7.60. The predicted octanol–water partition coefficient (Wildman–Crippen LogP) is 2.99. The standard InChI is InChI=1S/C20H25N3O/c1-16-3-7-18(8-4-16)20(24)21-19-9-5-17(6-10-19)15-23-13-11-22(2)12-14-23/h3-10H,11-15H2,1-2H3,(H,21,24). The van der Waals surface area contributed by atoms with E-state index in [2.05, 4.69) is 34.3 Å². The van der Waals surface area contributed by atoms with Crippen molar-refractivity contribution in [3.8, 4) is 0 Å². The van der Waals surface area contributed by atoms with Crippen molar-refractivity contribution < 1.29 is 4.79 Å². The van der Waals surface area contributed by atoms with Gasteiger partial charge < -0.3 is 10.2 Å². The van der Waals surface area contributed by atoms with Crippen molar-refractivity contribution >= 4 is 11.6 Å². The van der Waals surface area contributed by atoms with Gasteiger partial charge in [-0.2, -0.15) is 0 Å². The molecule has 0 bridgehead atoms. The third kappa shape index (κ3) is 4.43. The minimum atomic E-state index is -0.0678. The van der Waals surface area contributed by atoms with Gasteiger partial charge in [0.15, 0.2) is 0 Å². The lowest BCUT2D eigenvalue weighted by Crippen LogP contribution is -2.43. The van der Waals surface area contributed by atoms with Crippen molar-refractivity contribution in [2.24, 2.45) is 0 Å². The number of carbonyl (C=O) groups is 1. The molecule has 0 radical (unpaired) electrons. The summed E-state index contributed by atoms with van der Waals surface area (Å²) in [5.41, 5.74) is 3.96. The number of hydrogen-bond donors (Lipinski definition) is 1. The van der Waals surface area contributed by atoms with Crippen molar-refractivity contribution in [2.75, 3.05) is 38.5 Å². The van der Waals surface area contributed by atoms with E-state index >= 15 is 0 Å². The Balaban J connectivity index is 1.56. The number of carbonyl (C=O) groups excluding carboxylic acids is 1. The zero-order valence-corrected chi connectivity index (χ0v) is 14.5. The fourth-order valence-corrected chi connectivity index (χ4v) is 2.87. The number of rotatable bonds is 4. The molecule has 4 nitrogen and oxygen atoms in total.